The molecule has 3 aromatic rings. The maximum Gasteiger partial charge on any atom is 0.345 e. The van der Waals surface area contributed by atoms with Crippen molar-refractivity contribution in [3.63, 3.8) is 0 Å². The van der Waals surface area contributed by atoms with Gasteiger partial charge in [0.05, 0.1) is 11.4 Å². The first-order chi connectivity index (χ1) is 10.7. The Morgan fingerprint density at radius 3 is 2.55 bits per heavy atom. The molecule has 0 aliphatic carbocycles. The van der Waals surface area contributed by atoms with Gasteiger partial charge in [-0.2, -0.15) is 4.98 Å². The molecule has 0 amide bonds. The number of phenols is 1. The van der Waals surface area contributed by atoms with Gasteiger partial charge in [0.2, 0.25) is 0 Å². The third-order valence-corrected chi connectivity index (χ3v) is 3.59. The lowest BCUT2D eigenvalue weighted by Crippen LogP contribution is -2.12. The van der Waals surface area contributed by atoms with E-state index >= 15 is 0 Å². The molecule has 3 rings (SSSR count). The molecule has 0 radical (unpaired) electrons. The Labute approximate surface area is 128 Å². The van der Waals surface area contributed by atoms with Crippen LogP contribution in [0.2, 0.25) is 0 Å². The molecule has 2 aromatic carbocycles. The molecule has 0 fully saturated rings. The van der Waals surface area contributed by atoms with Crippen molar-refractivity contribution in [2.45, 2.75) is 13.3 Å². The number of aromatic amines is 1. The van der Waals surface area contributed by atoms with E-state index in [2.05, 4.69) is 9.97 Å². The minimum Gasteiger partial charge on any atom is -0.508 e. The number of hydrogen-bond donors (Lipinski definition) is 2. The van der Waals surface area contributed by atoms with Crippen LogP contribution in [0.25, 0.3) is 22.5 Å². The van der Waals surface area contributed by atoms with Crippen molar-refractivity contribution in [3.05, 3.63) is 70.6 Å². The smallest absolute Gasteiger partial charge is 0.345 e. The van der Waals surface area contributed by atoms with Crippen LogP contribution in [0, 0.1) is 0 Å². The molecule has 0 aliphatic heterocycles. The van der Waals surface area contributed by atoms with E-state index < -0.39 is 0 Å². The predicted molar refractivity (Wildman–Crippen MR) is 86.8 cm³/mol. The van der Waals surface area contributed by atoms with Gasteiger partial charge in [0.15, 0.2) is 0 Å². The van der Waals surface area contributed by atoms with Crippen molar-refractivity contribution in [2.75, 3.05) is 0 Å². The number of nitrogens with zero attached hydrogens (tertiary/aromatic N) is 1. The van der Waals surface area contributed by atoms with Gasteiger partial charge >= 0.3 is 5.69 Å². The van der Waals surface area contributed by atoms with Gasteiger partial charge < -0.3 is 10.1 Å². The van der Waals surface area contributed by atoms with E-state index in [4.69, 9.17) is 0 Å². The van der Waals surface area contributed by atoms with Crippen LogP contribution >= 0.6 is 0 Å². The number of aromatic nitrogens is 2. The van der Waals surface area contributed by atoms with Gasteiger partial charge in [-0.1, -0.05) is 37.3 Å². The highest BCUT2D eigenvalue weighted by molar-refractivity contribution is 5.68. The van der Waals surface area contributed by atoms with Crippen molar-refractivity contribution in [2.24, 2.45) is 0 Å². The molecule has 0 spiro atoms. The fourth-order valence-electron chi connectivity index (χ4n) is 2.41. The van der Waals surface area contributed by atoms with E-state index in [1.54, 1.807) is 12.1 Å². The van der Waals surface area contributed by atoms with Gasteiger partial charge in [0.1, 0.15) is 5.75 Å². The Kier molecular flexibility index (Phi) is 3.74. The second kappa shape index (κ2) is 5.85. The van der Waals surface area contributed by atoms with Crippen LogP contribution in [-0.2, 0) is 6.42 Å². The number of H-pyrrole nitrogens is 1. The summed E-state index contributed by atoms with van der Waals surface area (Å²) >= 11 is 0. The monoisotopic (exact) mass is 292 g/mol. The second-order valence-corrected chi connectivity index (χ2v) is 5.05. The molecule has 0 atom stereocenters. The molecule has 0 aliphatic rings. The maximum absolute atomic E-state index is 11.9. The number of aromatic hydroxyl groups is 1. The molecule has 4 heteroatoms. The van der Waals surface area contributed by atoms with Gasteiger partial charge in [-0.25, -0.2) is 4.79 Å². The van der Waals surface area contributed by atoms with Crippen molar-refractivity contribution < 1.29 is 5.11 Å². The fourth-order valence-corrected chi connectivity index (χ4v) is 2.41. The van der Waals surface area contributed by atoms with Gasteiger partial charge in [0, 0.05) is 5.56 Å². The number of aryl methyl sites for hydroxylation is 1. The Morgan fingerprint density at radius 1 is 1.05 bits per heavy atom. The summed E-state index contributed by atoms with van der Waals surface area (Å²) in [6.07, 6.45) is 0.717. The van der Waals surface area contributed by atoms with Gasteiger partial charge in [-0.15, -0.1) is 0 Å². The van der Waals surface area contributed by atoms with Crippen LogP contribution in [-0.4, -0.2) is 15.1 Å². The van der Waals surface area contributed by atoms with Crippen molar-refractivity contribution in [1.29, 1.82) is 0 Å². The molecule has 2 N–H and O–H groups in total. The lowest BCUT2D eigenvalue weighted by atomic mass is 10.0. The molecular formula is C18H16N2O2. The van der Waals surface area contributed by atoms with Gasteiger partial charge in [-0.3, -0.25) is 0 Å². The fraction of sp³-hybridized carbons (Fsp3) is 0.111. The highest BCUT2D eigenvalue weighted by atomic mass is 16.3. The average Bonchev–Trinajstić information content (AvgIpc) is 2.55. The summed E-state index contributed by atoms with van der Waals surface area (Å²) in [7, 11) is 0. The number of nitrogens with one attached hydrogen (secondary N) is 1. The standard InChI is InChI=1S/C18H16N2O2/c1-2-12-10-14(8-9-17(12)21)16-11-15(19-18(22)20-16)13-6-4-3-5-7-13/h3-11,21H,2H2,1H3,(H,19,20,22). The number of benzene rings is 2. The van der Waals surface area contributed by atoms with Crippen LogP contribution in [0.3, 0.4) is 0 Å². The third kappa shape index (κ3) is 2.76. The number of phenolic OH excluding ortho intramolecular Hbond substituents is 1. The zero-order valence-corrected chi connectivity index (χ0v) is 12.2. The van der Waals surface area contributed by atoms with E-state index in [9.17, 15) is 9.90 Å². The molecule has 1 aromatic heterocycles. The van der Waals surface area contributed by atoms with Crippen LogP contribution in [0.1, 0.15) is 12.5 Å². The summed E-state index contributed by atoms with van der Waals surface area (Å²) in [5, 5.41) is 9.78. The first kappa shape index (κ1) is 14.1. The minimum atomic E-state index is -0.387. The molecule has 0 saturated heterocycles. The Hall–Kier alpha value is -2.88. The molecule has 4 nitrogen and oxygen atoms in total. The molecular weight excluding hydrogens is 276 g/mol. The second-order valence-electron chi connectivity index (χ2n) is 5.05. The number of rotatable bonds is 3. The van der Waals surface area contributed by atoms with Crippen molar-refractivity contribution >= 4 is 0 Å². The molecule has 110 valence electrons. The Morgan fingerprint density at radius 2 is 1.82 bits per heavy atom. The van der Waals surface area contributed by atoms with E-state index in [1.807, 2.05) is 49.4 Å². The van der Waals surface area contributed by atoms with Crippen molar-refractivity contribution in [3.8, 4) is 28.3 Å². The lowest BCUT2D eigenvalue weighted by Gasteiger charge is -2.07. The maximum atomic E-state index is 11.9. The van der Waals surface area contributed by atoms with Gasteiger partial charge in [0.25, 0.3) is 0 Å². The molecule has 22 heavy (non-hydrogen) atoms. The van der Waals surface area contributed by atoms with Crippen LogP contribution in [0.4, 0.5) is 0 Å². The molecule has 0 unspecified atom stereocenters. The molecule has 1 heterocycles. The topological polar surface area (TPSA) is 66.0 Å². The highest BCUT2D eigenvalue weighted by Gasteiger charge is 2.08. The average molecular weight is 292 g/mol. The Bertz CT molecular complexity index is 854. The zero-order valence-electron chi connectivity index (χ0n) is 12.2. The van der Waals surface area contributed by atoms with E-state index in [0.717, 1.165) is 22.4 Å². The van der Waals surface area contributed by atoms with Crippen LogP contribution in [0.5, 0.6) is 5.75 Å². The molecule has 0 bridgehead atoms. The summed E-state index contributed by atoms with van der Waals surface area (Å²) in [4.78, 5) is 18.7. The lowest BCUT2D eigenvalue weighted by molar-refractivity contribution is 0.469. The predicted octanol–water partition coefficient (Wildman–Crippen LogP) is 3.37. The first-order valence-electron chi connectivity index (χ1n) is 7.16. The van der Waals surface area contributed by atoms with E-state index in [1.165, 1.54) is 0 Å². The van der Waals surface area contributed by atoms with Gasteiger partial charge in [-0.05, 0) is 41.8 Å². The summed E-state index contributed by atoms with van der Waals surface area (Å²) in [6.45, 7) is 1.97. The third-order valence-electron chi connectivity index (χ3n) is 3.59. The summed E-state index contributed by atoms with van der Waals surface area (Å²) in [6, 6.07) is 16.8. The summed E-state index contributed by atoms with van der Waals surface area (Å²) < 4.78 is 0. The largest absolute Gasteiger partial charge is 0.508 e. The summed E-state index contributed by atoms with van der Waals surface area (Å²) in [5.41, 5.74) is 3.51. The highest BCUT2D eigenvalue weighted by Crippen LogP contribution is 2.26. The minimum absolute atomic E-state index is 0.263. The van der Waals surface area contributed by atoms with Crippen LogP contribution < -0.4 is 5.69 Å². The molecule has 0 saturated carbocycles. The van der Waals surface area contributed by atoms with E-state index in [0.29, 0.717) is 12.1 Å². The van der Waals surface area contributed by atoms with Crippen molar-refractivity contribution in [1.82, 2.24) is 9.97 Å². The van der Waals surface area contributed by atoms with Crippen LogP contribution in [0.15, 0.2) is 59.4 Å². The normalized spacial score (nSPS) is 10.6. The number of hydrogen-bond acceptors (Lipinski definition) is 3. The Balaban J connectivity index is 2.12. The first-order valence-corrected chi connectivity index (χ1v) is 7.16. The van der Waals surface area contributed by atoms with E-state index in [-0.39, 0.29) is 11.4 Å². The quantitative estimate of drug-likeness (QED) is 0.777. The SMILES string of the molecule is CCc1cc(-c2cc(-c3ccccc3)[nH]c(=O)n2)ccc1O. The summed E-state index contributed by atoms with van der Waals surface area (Å²) in [5.74, 6) is 0.263. The zero-order chi connectivity index (χ0) is 15.5.